The molecule has 16 heavy (non-hydrogen) atoms. The summed E-state index contributed by atoms with van der Waals surface area (Å²) in [6.45, 7) is 4.40. The molecule has 1 rings (SSSR count). The topological polar surface area (TPSA) is 44.5 Å². The molecule has 1 aromatic rings. The van der Waals surface area contributed by atoms with Crippen molar-refractivity contribution in [3.63, 3.8) is 0 Å². The highest BCUT2D eigenvalue weighted by atomic mass is 35.5. The van der Waals surface area contributed by atoms with Gasteiger partial charge in [-0.3, -0.25) is 0 Å². The van der Waals surface area contributed by atoms with Crippen molar-refractivity contribution in [2.24, 2.45) is 5.73 Å². The molecule has 0 aliphatic rings. The molecule has 90 valence electrons. The molecular formula is C12H18ClNO2. The van der Waals surface area contributed by atoms with Gasteiger partial charge in [-0.1, -0.05) is 18.5 Å². The highest BCUT2D eigenvalue weighted by Gasteiger charge is 2.02. The first-order valence-corrected chi connectivity index (χ1v) is 5.84. The number of rotatable bonds is 7. The Morgan fingerprint density at radius 3 is 2.75 bits per heavy atom. The Hall–Kier alpha value is -0.770. The second-order valence-electron chi connectivity index (χ2n) is 3.42. The molecule has 0 saturated carbocycles. The fourth-order valence-electron chi connectivity index (χ4n) is 1.31. The highest BCUT2D eigenvalue weighted by molar-refractivity contribution is 6.30. The molecule has 0 aliphatic heterocycles. The molecule has 3 nitrogen and oxygen atoms in total. The molecule has 0 saturated heterocycles. The molecule has 0 spiro atoms. The second-order valence-corrected chi connectivity index (χ2v) is 3.85. The Bertz CT molecular complexity index is 318. The average Bonchev–Trinajstić information content (AvgIpc) is 2.30. The number of ether oxygens (including phenoxy) is 2. The van der Waals surface area contributed by atoms with Crippen molar-refractivity contribution in [2.75, 3.05) is 19.8 Å². The van der Waals surface area contributed by atoms with Crippen LogP contribution in [0.2, 0.25) is 5.02 Å². The second kappa shape index (κ2) is 7.49. The van der Waals surface area contributed by atoms with Gasteiger partial charge in [0.25, 0.3) is 0 Å². The quantitative estimate of drug-likeness (QED) is 0.749. The van der Waals surface area contributed by atoms with Gasteiger partial charge in [0, 0.05) is 23.7 Å². The van der Waals surface area contributed by atoms with Crippen LogP contribution in [-0.4, -0.2) is 19.8 Å². The van der Waals surface area contributed by atoms with Gasteiger partial charge in [0.05, 0.1) is 6.61 Å². The van der Waals surface area contributed by atoms with Gasteiger partial charge in [-0.05, 0) is 24.6 Å². The van der Waals surface area contributed by atoms with Crippen LogP contribution in [0, 0.1) is 0 Å². The van der Waals surface area contributed by atoms with Crippen molar-refractivity contribution in [3.05, 3.63) is 28.8 Å². The van der Waals surface area contributed by atoms with Gasteiger partial charge < -0.3 is 15.2 Å². The standard InChI is InChI=1S/C12H18ClNO2/c1-2-5-15-6-7-16-12-4-3-11(13)8-10(12)9-14/h3-4,8H,2,5-7,9,14H2,1H3. The number of halogens is 1. The third kappa shape index (κ3) is 4.39. The third-order valence-electron chi connectivity index (χ3n) is 2.08. The third-order valence-corrected chi connectivity index (χ3v) is 2.31. The maximum atomic E-state index is 5.86. The lowest BCUT2D eigenvalue weighted by atomic mass is 10.2. The lowest BCUT2D eigenvalue weighted by Gasteiger charge is -2.10. The van der Waals surface area contributed by atoms with Gasteiger partial charge in [0.15, 0.2) is 0 Å². The zero-order valence-corrected chi connectivity index (χ0v) is 10.3. The predicted molar refractivity (Wildman–Crippen MR) is 65.9 cm³/mol. The van der Waals surface area contributed by atoms with Crippen LogP contribution < -0.4 is 10.5 Å². The first kappa shape index (κ1) is 13.3. The lowest BCUT2D eigenvalue weighted by molar-refractivity contribution is 0.100. The van der Waals surface area contributed by atoms with E-state index in [2.05, 4.69) is 6.92 Å². The molecular weight excluding hydrogens is 226 g/mol. The van der Waals surface area contributed by atoms with Gasteiger partial charge in [-0.15, -0.1) is 0 Å². The van der Waals surface area contributed by atoms with Gasteiger partial charge >= 0.3 is 0 Å². The number of benzene rings is 1. The summed E-state index contributed by atoms with van der Waals surface area (Å²) in [4.78, 5) is 0. The predicted octanol–water partition coefficient (Wildman–Crippen LogP) is 2.60. The molecule has 1 aromatic carbocycles. The van der Waals surface area contributed by atoms with E-state index in [4.69, 9.17) is 26.8 Å². The molecule has 2 N–H and O–H groups in total. The summed E-state index contributed by atoms with van der Waals surface area (Å²) in [5.74, 6) is 0.784. The van der Waals surface area contributed by atoms with Gasteiger partial charge in [0.1, 0.15) is 12.4 Å². The minimum atomic E-state index is 0.422. The van der Waals surface area contributed by atoms with Gasteiger partial charge in [-0.25, -0.2) is 0 Å². The first-order chi connectivity index (χ1) is 7.77. The molecule has 0 amide bonds. The Kier molecular flexibility index (Phi) is 6.23. The van der Waals surface area contributed by atoms with Crippen LogP contribution in [0.5, 0.6) is 5.75 Å². The van der Waals surface area contributed by atoms with E-state index in [1.165, 1.54) is 0 Å². The fraction of sp³-hybridized carbons (Fsp3) is 0.500. The summed E-state index contributed by atoms with van der Waals surface area (Å²) in [7, 11) is 0. The van der Waals surface area contributed by atoms with E-state index in [0.29, 0.717) is 24.8 Å². The number of hydrogen-bond donors (Lipinski definition) is 1. The van der Waals surface area contributed by atoms with E-state index in [9.17, 15) is 0 Å². The normalized spacial score (nSPS) is 10.4. The number of hydrogen-bond acceptors (Lipinski definition) is 3. The van der Waals surface area contributed by atoms with Crippen molar-refractivity contribution in [2.45, 2.75) is 19.9 Å². The summed E-state index contributed by atoms with van der Waals surface area (Å²) in [6.07, 6.45) is 1.02. The van der Waals surface area contributed by atoms with E-state index < -0.39 is 0 Å². The van der Waals surface area contributed by atoms with Crippen LogP contribution in [0.4, 0.5) is 0 Å². The SMILES string of the molecule is CCCOCCOc1ccc(Cl)cc1CN. The largest absolute Gasteiger partial charge is 0.491 e. The number of nitrogens with two attached hydrogens (primary N) is 1. The van der Waals surface area contributed by atoms with Crippen molar-refractivity contribution < 1.29 is 9.47 Å². The van der Waals surface area contributed by atoms with E-state index in [0.717, 1.165) is 24.3 Å². The summed E-state index contributed by atoms with van der Waals surface area (Å²) in [5.41, 5.74) is 6.52. The molecule has 0 unspecified atom stereocenters. The Morgan fingerprint density at radius 2 is 2.06 bits per heavy atom. The van der Waals surface area contributed by atoms with Crippen molar-refractivity contribution in [1.82, 2.24) is 0 Å². The Labute approximate surface area is 101 Å². The van der Waals surface area contributed by atoms with E-state index in [-0.39, 0.29) is 0 Å². The Morgan fingerprint density at radius 1 is 1.25 bits per heavy atom. The Balaban J connectivity index is 2.41. The summed E-state index contributed by atoms with van der Waals surface area (Å²) in [6, 6.07) is 5.46. The molecule has 0 radical (unpaired) electrons. The molecule has 0 fully saturated rings. The van der Waals surface area contributed by atoms with Crippen molar-refractivity contribution in [3.8, 4) is 5.75 Å². The van der Waals surface area contributed by atoms with Crippen LogP contribution in [0.1, 0.15) is 18.9 Å². The zero-order valence-electron chi connectivity index (χ0n) is 9.54. The van der Waals surface area contributed by atoms with Crippen LogP contribution >= 0.6 is 11.6 Å². The minimum Gasteiger partial charge on any atom is -0.491 e. The zero-order chi connectivity index (χ0) is 11.8. The van der Waals surface area contributed by atoms with Crippen LogP contribution in [0.25, 0.3) is 0 Å². The average molecular weight is 244 g/mol. The fourth-order valence-corrected chi connectivity index (χ4v) is 1.50. The van der Waals surface area contributed by atoms with Crippen molar-refractivity contribution in [1.29, 1.82) is 0 Å². The molecule has 0 aromatic heterocycles. The molecule has 0 aliphatic carbocycles. The monoisotopic (exact) mass is 243 g/mol. The van der Waals surface area contributed by atoms with Crippen molar-refractivity contribution >= 4 is 11.6 Å². The molecule has 0 bridgehead atoms. The summed E-state index contributed by atoms with van der Waals surface area (Å²) >= 11 is 5.86. The van der Waals surface area contributed by atoms with E-state index in [1.807, 2.05) is 12.1 Å². The lowest BCUT2D eigenvalue weighted by Crippen LogP contribution is -2.09. The maximum absolute atomic E-state index is 5.86. The summed E-state index contributed by atoms with van der Waals surface area (Å²) < 4.78 is 10.9. The van der Waals surface area contributed by atoms with Gasteiger partial charge in [0.2, 0.25) is 0 Å². The van der Waals surface area contributed by atoms with Crippen LogP contribution in [0.15, 0.2) is 18.2 Å². The van der Waals surface area contributed by atoms with Crippen LogP contribution in [-0.2, 0) is 11.3 Å². The molecule has 0 heterocycles. The highest BCUT2D eigenvalue weighted by Crippen LogP contribution is 2.22. The molecule has 0 atom stereocenters. The van der Waals surface area contributed by atoms with E-state index >= 15 is 0 Å². The van der Waals surface area contributed by atoms with Crippen LogP contribution in [0.3, 0.4) is 0 Å². The minimum absolute atomic E-state index is 0.422. The summed E-state index contributed by atoms with van der Waals surface area (Å²) in [5, 5.41) is 0.676. The molecule has 4 heteroatoms. The smallest absolute Gasteiger partial charge is 0.124 e. The van der Waals surface area contributed by atoms with Gasteiger partial charge in [-0.2, -0.15) is 0 Å². The maximum Gasteiger partial charge on any atom is 0.124 e. The first-order valence-electron chi connectivity index (χ1n) is 5.47. The van der Waals surface area contributed by atoms with E-state index in [1.54, 1.807) is 6.07 Å².